The molecule has 1 nitrogen and oxygen atoms in total. The van der Waals surface area contributed by atoms with E-state index in [1.54, 1.807) is 0 Å². The van der Waals surface area contributed by atoms with Crippen LogP contribution in [0, 0.1) is 0 Å². The van der Waals surface area contributed by atoms with Gasteiger partial charge in [-0.25, -0.2) is 0 Å². The summed E-state index contributed by atoms with van der Waals surface area (Å²) in [4.78, 5) is 2.07. The summed E-state index contributed by atoms with van der Waals surface area (Å²) < 4.78 is 1.13. The Labute approximate surface area is 76.7 Å². The summed E-state index contributed by atoms with van der Waals surface area (Å²) in [6.07, 6.45) is 3.98. The van der Waals surface area contributed by atoms with Crippen LogP contribution in [0.1, 0.15) is 19.3 Å². The highest BCUT2D eigenvalue weighted by molar-refractivity contribution is 8.34. The summed E-state index contributed by atoms with van der Waals surface area (Å²) in [6, 6.07) is 0. The van der Waals surface area contributed by atoms with Gasteiger partial charge in [-0.05, 0) is 25.0 Å². The standard InChI is InChI=1S/C8H15NS2/c1-9(2)8(10)11-6-4-3-5-7-11/h6H,3-5,7H2,1-2H3. The molecule has 3 heteroatoms. The van der Waals surface area contributed by atoms with E-state index >= 15 is 0 Å². The van der Waals surface area contributed by atoms with Gasteiger partial charge in [-0.1, -0.05) is 17.6 Å². The number of nitrogens with zero attached hydrogens (tertiary/aromatic N) is 1. The summed E-state index contributed by atoms with van der Waals surface area (Å²) in [5, 5.41) is 2.39. The van der Waals surface area contributed by atoms with Gasteiger partial charge in [-0.2, -0.15) is 0 Å². The zero-order chi connectivity index (χ0) is 8.27. The van der Waals surface area contributed by atoms with E-state index < -0.39 is 0 Å². The predicted molar refractivity (Wildman–Crippen MR) is 58.7 cm³/mol. The van der Waals surface area contributed by atoms with Crippen molar-refractivity contribution >= 4 is 32.4 Å². The minimum absolute atomic E-state index is 0.313. The quantitative estimate of drug-likeness (QED) is 0.537. The average Bonchev–Trinajstić information content (AvgIpc) is 2.05. The molecule has 0 aromatic heterocycles. The first kappa shape index (κ1) is 9.20. The molecular weight excluding hydrogens is 174 g/mol. The van der Waals surface area contributed by atoms with Crippen LogP contribution in [0.4, 0.5) is 0 Å². The van der Waals surface area contributed by atoms with Gasteiger partial charge in [0, 0.05) is 14.1 Å². The summed E-state index contributed by atoms with van der Waals surface area (Å²) in [6.45, 7) is 0. The van der Waals surface area contributed by atoms with Gasteiger partial charge in [0.15, 0.2) is 0 Å². The highest BCUT2D eigenvalue weighted by atomic mass is 32.2. The van der Waals surface area contributed by atoms with Gasteiger partial charge in [0.1, 0.15) is 4.32 Å². The fourth-order valence-corrected chi connectivity index (χ4v) is 3.48. The van der Waals surface area contributed by atoms with Crippen LogP contribution in [0.5, 0.6) is 0 Å². The molecule has 0 fully saturated rings. The van der Waals surface area contributed by atoms with Crippen molar-refractivity contribution in [1.82, 2.24) is 4.90 Å². The summed E-state index contributed by atoms with van der Waals surface area (Å²) >= 11 is 5.30. The largest absolute Gasteiger partial charge is 0.364 e. The number of rotatable bonds is 0. The molecular formula is C8H15NS2. The molecule has 0 bridgehead atoms. The summed E-state index contributed by atoms with van der Waals surface area (Å²) in [7, 11) is 4.39. The molecule has 11 heavy (non-hydrogen) atoms. The molecule has 1 atom stereocenters. The van der Waals surface area contributed by atoms with E-state index in [2.05, 4.69) is 10.3 Å². The molecule has 0 saturated carbocycles. The van der Waals surface area contributed by atoms with Crippen LogP contribution in [0.2, 0.25) is 0 Å². The second kappa shape index (κ2) is 4.21. The molecule has 1 aliphatic heterocycles. The van der Waals surface area contributed by atoms with Crippen molar-refractivity contribution < 1.29 is 0 Å². The van der Waals surface area contributed by atoms with Crippen LogP contribution in [-0.2, 0) is 0 Å². The molecule has 0 aliphatic carbocycles. The Morgan fingerprint density at radius 3 is 2.64 bits per heavy atom. The maximum atomic E-state index is 5.30. The molecule has 0 amide bonds. The fraction of sp³-hybridized carbons (Fsp3) is 0.750. The van der Waals surface area contributed by atoms with E-state index in [4.69, 9.17) is 12.2 Å². The maximum Gasteiger partial charge on any atom is 0.130 e. The van der Waals surface area contributed by atoms with Crippen molar-refractivity contribution in [2.75, 3.05) is 19.8 Å². The maximum absolute atomic E-state index is 5.30. The van der Waals surface area contributed by atoms with Crippen molar-refractivity contribution in [2.24, 2.45) is 0 Å². The molecule has 1 heterocycles. The summed E-state index contributed by atoms with van der Waals surface area (Å²) in [5.41, 5.74) is 0. The zero-order valence-corrected chi connectivity index (χ0v) is 8.80. The first-order chi connectivity index (χ1) is 5.22. The molecule has 0 saturated heterocycles. The Hall–Kier alpha value is 0.110. The Morgan fingerprint density at radius 1 is 1.45 bits per heavy atom. The normalized spacial score (nSPS) is 24.0. The predicted octanol–water partition coefficient (Wildman–Crippen LogP) is 2.09. The fourth-order valence-electron chi connectivity index (χ4n) is 1.10. The van der Waals surface area contributed by atoms with Crippen molar-refractivity contribution in [3.63, 3.8) is 0 Å². The van der Waals surface area contributed by atoms with Crippen LogP contribution in [0.25, 0.3) is 0 Å². The van der Waals surface area contributed by atoms with Gasteiger partial charge < -0.3 is 4.90 Å². The Bertz CT molecular complexity index is 185. The third-order valence-corrected chi connectivity index (χ3v) is 4.91. The lowest BCUT2D eigenvalue weighted by molar-refractivity contribution is 0.647. The average molecular weight is 189 g/mol. The van der Waals surface area contributed by atoms with Crippen molar-refractivity contribution in [1.29, 1.82) is 0 Å². The van der Waals surface area contributed by atoms with Gasteiger partial charge >= 0.3 is 0 Å². The molecule has 1 rings (SSSR count). The molecule has 1 aliphatic rings. The lowest BCUT2D eigenvalue weighted by atomic mass is 10.3. The van der Waals surface area contributed by atoms with Crippen LogP contribution >= 0.6 is 22.7 Å². The molecule has 0 N–H and O–H groups in total. The first-order valence-corrected chi connectivity index (χ1v) is 5.82. The van der Waals surface area contributed by atoms with E-state index in [9.17, 15) is 0 Å². The van der Waals surface area contributed by atoms with Gasteiger partial charge in [0.2, 0.25) is 0 Å². The highest BCUT2D eigenvalue weighted by Gasteiger charge is 2.07. The SMILES string of the molecule is CN(C)C(=S)S1=CCCCC1. The van der Waals surface area contributed by atoms with Crippen molar-refractivity contribution in [3.05, 3.63) is 0 Å². The molecule has 0 radical (unpaired) electrons. The molecule has 64 valence electrons. The third kappa shape index (κ3) is 2.56. The van der Waals surface area contributed by atoms with Crippen molar-refractivity contribution in [2.45, 2.75) is 19.3 Å². The molecule has 0 spiro atoms. The van der Waals surface area contributed by atoms with E-state index in [0.29, 0.717) is 10.5 Å². The Kier molecular flexibility index (Phi) is 3.52. The van der Waals surface area contributed by atoms with Crippen LogP contribution in [0.3, 0.4) is 0 Å². The number of hydrogen-bond donors (Lipinski definition) is 0. The lowest BCUT2D eigenvalue weighted by Crippen LogP contribution is -2.19. The smallest absolute Gasteiger partial charge is 0.130 e. The second-order valence-electron chi connectivity index (χ2n) is 2.96. The molecule has 0 aromatic rings. The van der Waals surface area contributed by atoms with Gasteiger partial charge in [-0.15, -0.1) is 10.5 Å². The zero-order valence-electron chi connectivity index (χ0n) is 7.17. The van der Waals surface area contributed by atoms with Gasteiger partial charge in [0.05, 0.1) is 0 Å². The van der Waals surface area contributed by atoms with E-state index in [1.165, 1.54) is 25.0 Å². The monoisotopic (exact) mass is 189 g/mol. The minimum Gasteiger partial charge on any atom is -0.364 e. The van der Waals surface area contributed by atoms with E-state index in [0.717, 1.165) is 4.32 Å². The lowest BCUT2D eigenvalue weighted by Gasteiger charge is -2.20. The summed E-state index contributed by atoms with van der Waals surface area (Å²) in [5.74, 6) is 1.29. The first-order valence-electron chi connectivity index (χ1n) is 3.96. The van der Waals surface area contributed by atoms with Crippen LogP contribution in [-0.4, -0.2) is 34.4 Å². The van der Waals surface area contributed by atoms with Crippen molar-refractivity contribution in [3.8, 4) is 0 Å². The van der Waals surface area contributed by atoms with Gasteiger partial charge in [-0.3, -0.25) is 0 Å². The number of hydrogen-bond acceptors (Lipinski definition) is 1. The topological polar surface area (TPSA) is 3.24 Å². The second-order valence-corrected chi connectivity index (χ2v) is 5.59. The van der Waals surface area contributed by atoms with Crippen LogP contribution < -0.4 is 0 Å². The Balaban J connectivity index is 2.58. The van der Waals surface area contributed by atoms with Crippen LogP contribution in [0.15, 0.2) is 0 Å². The molecule has 1 unspecified atom stereocenters. The molecule has 0 aromatic carbocycles. The number of thiocarbonyl (C=S) groups is 1. The minimum atomic E-state index is 0.313. The van der Waals surface area contributed by atoms with E-state index in [1.807, 2.05) is 14.1 Å². The third-order valence-electron chi connectivity index (χ3n) is 1.73. The van der Waals surface area contributed by atoms with Gasteiger partial charge in [0.25, 0.3) is 0 Å². The Morgan fingerprint density at radius 2 is 2.18 bits per heavy atom. The van der Waals surface area contributed by atoms with E-state index in [-0.39, 0.29) is 0 Å². The highest BCUT2D eigenvalue weighted by Crippen LogP contribution is 2.23.